The number of carbonyl (C=O) groups excluding carboxylic acids is 1. The summed E-state index contributed by atoms with van der Waals surface area (Å²) in [5, 5.41) is 5.07. The first-order chi connectivity index (χ1) is 13.1. The van der Waals surface area contributed by atoms with Crippen molar-refractivity contribution in [2.24, 2.45) is 0 Å². The zero-order valence-corrected chi connectivity index (χ0v) is 15.6. The maximum atomic E-state index is 12.7. The molecule has 4 rings (SSSR count). The smallest absolute Gasteiger partial charge is 0.257 e. The Labute approximate surface area is 158 Å². The molecule has 1 aliphatic heterocycles. The summed E-state index contributed by atoms with van der Waals surface area (Å²) in [6.07, 6.45) is 3.49. The number of nitrogens with zero attached hydrogens (tertiary/aromatic N) is 4. The van der Waals surface area contributed by atoms with Crippen LogP contribution in [0.2, 0.25) is 0 Å². The SMILES string of the molecule is Cc1cccc2cnc(NC(=O)c3ccnc(N4CCN(C)CC4)c3)cc12. The number of fused-ring (bicyclic) bond motifs is 1. The largest absolute Gasteiger partial charge is 0.354 e. The fourth-order valence-corrected chi connectivity index (χ4v) is 3.35. The summed E-state index contributed by atoms with van der Waals surface area (Å²) in [5.41, 5.74) is 1.75. The van der Waals surface area contributed by atoms with Crippen LogP contribution < -0.4 is 10.2 Å². The molecule has 0 atom stereocenters. The minimum Gasteiger partial charge on any atom is -0.354 e. The van der Waals surface area contributed by atoms with Gasteiger partial charge in [-0.05, 0) is 43.1 Å². The molecule has 6 heteroatoms. The molecule has 1 saturated heterocycles. The number of aryl methyl sites for hydroxylation is 1. The van der Waals surface area contributed by atoms with E-state index in [4.69, 9.17) is 0 Å². The van der Waals surface area contributed by atoms with Crippen LogP contribution in [0.15, 0.2) is 48.8 Å². The number of anilines is 2. The summed E-state index contributed by atoms with van der Waals surface area (Å²) in [5.74, 6) is 1.23. The van der Waals surface area contributed by atoms with Gasteiger partial charge in [0.15, 0.2) is 0 Å². The number of hydrogen-bond donors (Lipinski definition) is 1. The highest BCUT2D eigenvalue weighted by Crippen LogP contribution is 2.21. The lowest BCUT2D eigenvalue weighted by Gasteiger charge is -2.33. The fourth-order valence-electron chi connectivity index (χ4n) is 3.35. The number of nitrogens with one attached hydrogen (secondary N) is 1. The zero-order valence-electron chi connectivity index (χ0n) is 15.6. The quantitative estimate of drug-likeness (QED) is 0.777. The molecule has 3 aromatic rings. The lowest BCUT2D eigenvalue weighted by molar-refractivity contribution is 0.102. The van der Waals surface area contributed by atoms with Crippen molar-refractivity contribution in [1.29, 1.82) is 0 Å². The molecule has 0 spiro atoms. The number of pyridine rings is 2. The van der Waals surface area contributed by atoms with E-state index in [-0.39, 0.29) is 5.91 Å². The second-order valence-electron chi connectivity index (χ2n) is 7.01. The van der Waals surface area contributed by atoms with Crippen molar-refractivity contribution < 1.29 is 4.79 Å². The van der Waals surface area contributed by atoms with Crippen LogP contribution in [0, 0.1) is 6.92 Å². The Hall–Kier alpha value is -2.99. The normalized spacial score (nSPS) is 15.1. The van der Waals surface area contributed by atoms with Gasteiger partial charge in [0.1, 0.15) is 11.6 Å². The first kappa shape index (κ1) is 17.4. The lowest BCUT2D eigenvalue weighted by atomic mass is 10.1. The Morgan fingerprint density at radius 1 is 1.07 bits per heavy atom. The van der Waals surface area contributed by atoms with E-state index in [2.05, 4.69) is 45.1 Å². The van der Waals surface area contributed by atoms with E-state index in [0.29, 0.717) is 11.4 Å². The van der Waals surface area contributed by atoms with Gasteiger partial charge in [0, 0.05) is 49.5 Å². The van der Waals surface area contributed by atoms with Crippen LogP contribution >= 0.6 is 0 Å². The van der Waals surface area contributed by atoms with E-state index in [9.17, 15) is 4.79 Å². The van der Waals surface area contributed by atoms with Crippen LogP contribution in [0.1, 0.15) is 15.9 Å². The van der Waals surface area contributed by atoms with Gasteiger partial charge in [-0.3, -0.25) is 4.79 Å². The van der Waals surface area contributed by atoms with Gasteiger partial charge in [-0.1, -0.05) is 18.2 Å². The fraction of sp³-hybridized carbons (Fsp3) is 0.286. The Morgan fingerprint density at radius 3 is 2.70 bits per heavy atom. The van der Waals surface area contributed by atoms with Gasteiger partial charge in [-0.15, -0.1) is 0 Å². The van der Waals surface area contributed by atoms with E-state index >= 15 is 0 Å². The molecule has 6 nitrogen and oxygen atoms in total. The molecule has 0 aliphatic carbocycles. The molecule has 1 aliphatic rings. The van der Waals surface area contributed by atoms with Crippen molar-refractivity contribution in [3.8, 4) is 0 Å². The first-order valence-electron chi connectivity index (χ1n) is 9.16. The van der Waals surface area contributed by atoms with Crippen molar-refractivity contribution in [1.82, 2.24) is 14.9 Å². The summed E-state index contributed by atoms with van der Waals surface area (Å²) in [6, 6.07) is 11.6. The van der Waals surface area contributed by atoms with Gasteiger partial charge in [0.05, 0.1) is 0 Å². The Kier molecular flexibility index (Phi) is 4.73. The molecular formula is C21H23N5O. The molecule has 1 amide bonds. The maximum absolute atomic E-state index is 12.7. The Bertz CT molecular complexity index is 979. The number of aromatic nitrogens is 2. The minimum absolute atomic E-state index is 0.173. The second kappa shape index (κ2) is 7.32. The highest BCUT2D eigenvalue weighted by atomic mass is 16.1. The van der Waals surface area contributed by atoms with Crippen LogP contribution in [-0.2, 0) is 0 Å². The minimum atomic E-state index is -0.173. The molecule has 3 heterocycles. The lowest BCUT2D eigenvalue weighted by Crippen LogP contribution is -2.44. The summed E-state index contributed by atoms with van der Waals surface area (Å²) in [6.45, 7) is 5.89. The Balaban J connectivity index is 1.53. The van der Waals surface area contributed by atoms with Crippen LogP contribution in [-0.4, -0.2) is 54.0 Å². The molecule has 27 heavy (non-hydrogen) atoms. The molecule has 2 aromatic heterocycles. The third kappa shape index (κ3) is 3.75. The van der Waals surface area contributed by atoms with Gasteiger partial charge >= 0.3 is 0 Å². The maximum Gasteiger partial charge on any atom is 0.257 e. The van der Waals surface area contributed by atoms with Crippen molar-refractivity contribution >= 4 is 28.3 Å². The van der Waals surface area contributed by atoms with Crippen molar-refractivity contribution in [3.63, 3.8) is 0 Å². The average molecular weight is 361 g/mol. The topological polar surface area (TPSA) is 61.4 Å². The third-order valence-electron chi connectivity index (χ3n) is 5.06. The number of amides is 1. The van der Waals surface area contributed by atoms with Gasteiger partial charge in [-0.2, -0.15) is 0 Å². The zero-order chi connectivity index (χ0) is 18.8. The highest BCUT2D eigenvalue weighted by Gasteiger charge is 2.17. The predicted molar refractivity (Wildman–Crippen MR) is 108 cm³/mol. The van der Waals surface area contributed by atoms with Crippen LogP contribution in [0.25, 0.3) is 10.8 Å². The molecular weight excluding hydrogens is 338 g/mol. The molecule has 0 radical (unpaired) electrons. The average Bonchev–Trinajstić information content (AvgIpc) is 2.69. The number of hydrogen-bond acceptors (Lipinski definition) is 5. The molecule has 0 saturated carbocycles. The van der Waals surface area contributed by atoms with Crippen molar-refractivity contribution in [3.05, 3.63) is 59.9 Å². The molecule has 0 bridgehead atoms. The third-order valence-corrected chi connectivity index (χ3v) is 5.06. The van der Waals surface area contributed by atoms with Crippen LogP contribution in [0.4, 0.5) is 11.6 Å². The summed E-state index contributed by atoms with van der Waals surface area (Å²) >= 11 is 0. The molecule has 1 aromatic carbocycles. The molecule has 1 N–H and O–H groups in total. The number of carbonyl (C=O) groups is 1. The predicted octanol–water partition coefficient (Wildman–Crippen LogP) is 2.94. The highest BCUT2D eigenvalue weighted by molar-refractivity contribution is 6.05. The summed E-state index contributed by atoms with van der Waals surface area (Å²) in [7, 11) is 2.12. The number of likely N-dealkylation sites (N-methyl/N-ethyl adjacent to an activating group) is 1. The van der Waals surface area contributed by atoms with Crippen molar-refractivity contribution in [2.45, 2.75) is 6.92 Å². The summed E-state index contributed by atoms with van der Waals surface area (Å²) in [4.78, 5) is 26.0. The first-order valence-corrected chi connectivity index (χ1v) is 9.16. The van der Waals surface area contributed by atoms with E-state index in [1.807, 2.05) is 24.3 Å². The van der Waals surface area contributed by atoms with Gasteiger partial charge < -0.3 is 15.1 Å². The van der Waals surface area contributed by atoms with Gasteiger partial charge in [0.25, 0.3) is 5.91 Å². The molecule has 138 valence electrons. The monoisotopic (exact) mass is 361 g/mol. The van der Waals surface area contributed by atoms with E-state index in [1.165, 1.54) is 0 Å². The second-order valence-corrected chi connectivity index (χ2v) is 7.01. The number of benzene rings is 1. The molecule has 0 unspecified atom stereocenters. The van der Waals surface area contributed by atoms with Gasteiger partial charge in [0.2, 0.25) is 0 Å². The van der Waals surface area contributed by atoms with E-state index in [0.717, 1.165) is 48.3 Å². The standard InChI is InChI=1S/C21H23N5O/c1-15-4-3-5-17-14-23-19(13-18(15)17)24-21(27)16-6-7-22-20(12-16)26-10-8-25(2)9-11-26/h3-7,12-14H,8-11H2,1-2H3,(H,23,24,27). The molecule has 1 fully saturated rings. The van der Waals surface area contributed by atoms with E-state index < -0.39 is 0 Å². The Morgan fingerprint density at radius 2 is 1.89 bits per heavy atom. The van der Waals surface area contributed by atoms with Gasteiger partial charge in [-0.25, -0.2) is 9.97 Å². The number of rotatable bonds is 3. The van der Waals surface area contributed by atoms with Crippen LogP contribution in [0.3, 0.4) is 0 Å². The van der Waals surface area contributed by atoms with Crippen molar-refractivity contribution in [2.75, 3.05) is 43.4 Å². The van der Waals surface area contributed by atoms with E-state index in [1.54, 1.807) is 18.5 Å². The van der Waals surface area contributed by atoms with Crippen LogP contribution in [0.5, 0.6) is 0 Å². The number of piperazine rings is 1. The summed E-state index contributed by atoms with van der Waals surface area (Å²) < 4.78 is 0.